The van der Waals surface area contributed by atoms with Gasteiger partial charge in [0.15, 0.2) is 0 Å². The number of hydrogen-bond donors (Lipinski definition) is 1. The monoisotopic (exact) mass is 275 g/mol. The van der Waals surface area contributed by atoms with Crippen LogP contribution in [0.25, 0.3) is 0 Å². The van der Waals surface area contributed by atoms with Crippen LogP contribution in [-0.4, -0.2) is 19.7 Å². The van der Waals surface area contributed by atoms with Gasteiger partial charge in [0.1, 0.15) is 5.75 Å². The van der Waals surface area contributed by atoms with Gasteiger partial charge in [0.25, 0.3) is 0 Å². The molecule has 1 saturated carbocycles. The van der Waals surface area contributed by atoms with Gasteiger partial charge in [-0.3, -0.25) is 0 Å². The maximum absolute atomic E-state index is 5.21. The van der Waals surface area contributed by atoms with Crippen molar-refractivity contribution in [3.05, 3.63) is 29.8 Å². The lowest BCUT2D eigenvalue weighted by Crippen LogP contribution is -2.36. The third-order valence-corrected chi connectivity index (χ3v) is 4.56. The Morgan fingerprint density at radius 3 is 2.50 bits per heavy atom. The molecule has 2 unspecified atom stereocenters. The fourth-order valence-corrected chi connectivity index (χ4v) is 2.95. The molecule has 1 aromatic rings. The van der Waals surface area contributed by atoms with E-state index in [-0.39, 0.29) is 0 Å². The fourth-order valence-electron chi connectivity index (χ4n) is 2.95. The van der Waals surface area contributed by atoms with Crippen molar-refractivity contribution in [2.24, 2.45) is 11.8 Å². The Kier molecular flexibility index (Phi) is 5.90. The predicted molar refractivity (Wildman–Crippen MR) is 85.3 cm³/mol. The summed E-state index contributed by atoms with van der Waals surface area (Å²) in [6, 6.07) is 9.18. The Labute approximate surface area is 123 Å². The summed E-state index contributed by atoms with van der Waals surface area (Å²) in [4.78, 5) is 0. The maximum atomic E-state index is 5.21. The molecule has 1 aromatic carbocycles. The summed E-state index contributed by atoms with van der Waals surface area (Å²) in [5.41, 5.74) is 1.41. The van der Waals surface area contributed by atoms with Crippen LogP contribution >= 0.6 is 0 Å². The Morgan fingerprint density at radius 1 is 1.25 bits per heavy atom. The van der Waals surface area contributed by atoms with E-state index in [1.165, 1.54) is 31.2 Å². The van der Waals surface area contributed by atoms with Crippen LogP contribution in [0.4, 0.5) is 0 Å². The highest BCUT2D eigenvalue weighted by atomic mass is 16.5. The Hall–Kier alpha value is -1.02. The summed E-state index contributed by atoms with van der Waals surface area (Å²) in [5.74, 6) is 2.74. The van der Waals surface area contributed by atoms with Gasteiger partial charge in [0.05, 0.1) is 7.11 Å². The van der Waals surface area contributed by atoms with Crippen LogP contribution in [0.15, 0.2) is 24.3 Å². The SMILES string of the molecule is CCCNC(CCc1ccc(OC)cc1)C(C)C1CC1. The zero-order chi connectivity index (χ0) is 14.4. The van der Waals surface area contributed by atoms with Crippen LogP contribution in [0.5, 0.6) is 5.75 Å². The molecule has 0 bridgehead atoms. The highest BCUT2D eigenvalue weighted by molar-refractivity contribution is 5.27. The zero-order valence-corrected chi connectivity index (χ0v) is 13.2. The van der Waals surface area contributed by atoms with Crippen molar-refractivity contribution in [1.29, 1.82) is 0 Å². The molecule has 20 heavy (non-hydrogen) atoms. The van der Waals surface area contributed by atoms with Gasteiger partial charge in [-0.25, -0.2) is 0 Å². The molecule has 1 aliphatic carbocycles. The van der Waals surface area contributed by atoms with Crippen LogP contribution in [0.3, 0.4) is 0 Å². The molecule has 1 fully saturated rings. The standard InChI is InChI=1S/C18H29NO/c1-4-13-19-18(14(2)16-8-9-16)12-7-15-5-10-17(20-3)11-6-15/h5-6,10-11,14,16,18-19H,4,7-9,12-13H2,1-3H3. The molecule has 0 radical (unpaired) electrons. The van der Waals surface area contributed by atoms with Crippen molar-refractivity contribution in [1.82, 2.24) is 5.32 Å². The molecule has 0 saturated heterocycles. The molecule has 2 atom stereocenters. The molecule has 0 aliphatic heterocycles. The topological polar surface area (TPSA) is 21.3 Å². The number of rotatable bonds is 9. The lowest BCUT2D eigenvalue weighted by molar-refractivity contribution is 0.325. The zero-order valence-electron chi connectivity index (χ0n) is 13.2. The summed E-state index contributed by atoms with van der Waals surface area (Å²) in [7, 11) is 1.72. The van der Waals surface area contributed by atoms with Crippen molar-refractivity contribution >= 4 is 0 Å². The van der Waals surface area contributed by atoms with Gasteiger partial charge in [-0.2, -0.15) is 0 Å². The summed E-state index contributed by atoms with van der Waals surface area (Å²) < 4.78 is 5.21. The molecule has 0 heterocycles. The first-order valence-electron chi connectivity index (χ1n) is 8.11. The van der Waals surface area contributed by atoms with E-state index in [0.29, 0.717) is 6.04 Å². The summed E-state index contributed by atoms with van der Waals surface area (Å²) >= 11 is 0. The number of aryl methyl sites for hydroxylation is 1. The maximum Gasteiger partial charge on any atom is 0.118 e. The summed E-state index contributed by atoms with van der Waals surface area (Å²) in [5, 5.41) is 3.76. The van der Waals surface area contributed by atoms with Crippen LogP contribution < -0.4 is 10.1 Å². The third-order valence-electron chi connectivity index (χ3n) is 4.56. The number of ether oxygens (including phenoxy) is 1. The number of hydrogen-bond acceptors (Lipinski definition) is 2. The average Bonchev–Trinajstić information content (AvgIpc) is 3.32. The fraction of sp³-hybridized carbons (Fsp3) is 0.667. The Balaban J connectivity index is 1.85. The number of nitrogens with one attached hydrogen (secondary N) is 1. The largest absolute Gasteiger partial charge is 0.497 e. The van der Waals surface area contributed by atoms with Crippen molar-refractivity contribution < 1.29 is 4.74 Å². The van der Waals surface area contributed by atoms with E-state index in [0.717, 1.165) is 30.6 Å². The molecular weight excluding hydrogens is 246 g/mol. The lowest BCUT2D eigenvalue weighted by Gasteiger charge is -2.25. The molecular formula is C18H29NO. The molecule has 2 heteroatoms. The van der Waals surface area contributed by atoms with Crippen molar-refractivity contribution in [3.63, 3.8) is 0 Å². The molecule has 1 aliphatic rings. The summed E-state index contributed by atoms with van der Waals surface area (Å²) in [6.45, 7) is 5.82. The normalized spacial score (nSPS) is 17.8. The second-order valence-electron chi connectivity index (χ2n) is 6.14. The molecule has 2 rings (SSSR count). The highest BCUT2D eigenvalue weighted by Crippen LogP contribution is 2.39. The Morgan fingerprint density at radius 2 is 1.95 bits per heavy atom. The van der Waals surface area contributed by atoms with Crippen molar-refractivity contribution in [2.75, 3.05) is 13.7 Å². The molecule has 0 spiro atoms. The quantitative estimate of drug-likeness (QED) is 0.734. The van der Waals surface area contributed by atoms with E-state index in [1.807, 2.05) is 0 Å². The van der Waals surface area contributed by atoms with Crippen molar-refractivity contribution in [3.8, 4) is 5.75 Å². The van der Waals surface area contributed by atoms with Crippen LogP contribution in [0, 0.1) is 11.8 Å². The van der Waals surface area contributed by atoms with E-state index in [4.69, 9.17) is 4.74 Å². The smallest absolute Gasteiger partial charge is 0.118 e. The minimum Gasteiger partial charge on any atom is -0.497 e. The van der Waals surface area contributed by atoms with Gasteiger partial charge < -0.3 is 10.1 Å². The van der Waals surface area contributed by atoms with E-state index < -0.39 is 0 Å². The highest BCUT2D eigenvalue weighted by Gasteiger charge is 2.32. The van der Waals surface area contributed by atoms with Crippen molar-refractivity contribution in [2.45, 2.75) is 52.0 Å². The Bertz CT molecular complexity index is 383. The second kappa shape index (κ2) is 7.68. The van der Waals surface area contributed by atoms with E-state index >= 15 is 0 Å². The molecule has 0 aromatic heterocycles. The summed E-state index contributed by atoms with van der Waals surface area (Å²) in [6.07, 6.45) is 6.49. The van der Waals surface area contributed by atoms with Gasteiger partial charge in [-0.05, 0) is 68.2 Å². The third kappa shape index (κ3) is 4.52. The van der Waals surface area contributed by atoms with Crippen LogP contribution in [0.2, 0.25) is 0 Å². The van der Waals surface area contributed by atoms with Gasteiger partial charge in [-0.1, -0.05) is 26.0 Å². The van der Waals surface area contributed by atoms with Gasteiger partial charge in [0, 0.05) is 6.04 Å². The molecule has 0 amide bonds. The predicted octanol–water partition coefficient (Wildman–Crippen LogP) is 4.04. The second-order valence-corrected chi connectivity index (χ2v) is 6.14. The number of methoxy groups -OCH3 is 1. The van der Waals surface area contributed by atoms with Gasteiger partial charge in [-0.15, -0.1) is 0 Å². The van der Waals surface area contributed by atoms with Crippen LogP contribution in [-0.2, 0) is 6.42 Å². The first-order valence-corrected chi connectivity index (χ1v) is 8.11. The minimum absolute atomic E-state index is 0.671. The minimum atomic E-state index is 0.671. The first kappa shape index (κ1) is 15.4. The van der Waals surface area contributed by atoms with Gasteiger partial charge >= 0.3 is 0 Å². The van der Waals surface area contributed by atoms with E-state index in [2.05, 4.69) is 43.4 Å². The molecule has 1 N–H and O–H groups in total. The molecule has 2 nitrogen and oxygen atoms in total. The van der Waals surface area contributed by atoms with Gasteiger partial charge in [0.2, 0.25) is 0 Å². The van der Waals surface area contributed by atoms with E-state index in [1.54, 1.807) is 7.11 Å². The average molecular weight is 275 g/mol. The van der Waals surface area contributed by atoms with Crippen LogP contribution in [0.1, 0.15) is 45.1 Å². The first-order chi connectivity index (χ1) is 9.74. The molecule has 112 valence electrons. The number of benzene rings is 1. The lowest BCUT2D eigenvalue weighted by atomic mass is 9.91. The van der Waals surface area contributed by atoms with E-state index in [9.17, 15) is 0 Å².